The second-order valence-corrected chi connectivity index (χ2v) is 7.53. The smallest absolute Gasteiger partial charge is 0.290 e. The Morgan fingerprint density at radius 3 is 2.41 bits per heavy atom. The highest BCUT2D eigenvalue weighted by Crippen LogP contribution is 2.22. The van der Waals surface area contributed by atoms with E-state index in [0.717, 1.165) is 22.9 Å². The summed E-state index contributed by atoms with van der Waals surface area (Å²) >= 11 is 0. The predicted molar refractivity (Wildman–Crippen MR) is 124 cm³/mol. The minimum absolute atomic E-state index is 0.0313. The Kier molecular flexibility index (Phi) is 6.87. The van der Waals surface area contributed by atoms with Crippen LogP contribution in [0, 0.1) is 11.6 Å². The molecule has 0 fully saturated rings. The number of carbonyl (C=O) groups excluding carboxylic acids is 2. The third-order valence-corrected chi connectivity index (χ3v) is 5.21. The van der Waals surface area contributed by atoms with E-state index in [1.54, 1.807) is 13.0 Å². The van der Waals surface area contributed by atoms with Crippen LogP contribution >= 0.6 is 0 Å². The Morgan fingerprint density at radius 1 is 0.941 bits per heavy atom. The molecule has 2 amide bonds. The van der Waals surface area contributed by atoms with Crippen LogP contribution in [0.15, 0.2) is 77.2 Å². The maximum absolute atomic E-state index is 13.8. The predicted octanol–water partition coefficient (Wildman–Crippen LogP) is 5.39. The summed E-state index contributed by atoms with van der Waals surface area (Å²) in [5, 5.41) is 4.32. The molecule has 1 heterocycles. The Hall–Kier alpha value is -4.20. The first-order valence-electron chi connectivity index (χ1n) is 10.7. The summed E-state index contributed by atoms with van der Waals surface area (Å²) < 4.78 is 38.9. The van der Waals surface area contributed by atoms with Crippen molar-refractivity contribution >= 4 is 28.3 Å². The van der Waals surface area contributed by atoms with Crippen molar-refractivity contribution in [3.8, 4) is 5.75 Å². The van der Waals surface area contributed by atoms with E-state index in [2.05, 4.69) is 5.32 Å². The molecule has 1 aromatic heterocycles. The van der Waals surface area contributed by atoms with Crippen LogP contribution in [0.25, 0.3) is 10.8 Å². The molecule has 1 N–H and O–H groups in total. The minimum Gasteiger partial charge on any atom is -0.486 e. The third kappa shape index (κ3) is 5.23. The number of hydrogen-bond donors (Lipinski definition) is 1. The minimum atomic E-state index is -0.898. The molecule has 3 aromatic carbocycles. The number of halogens is 2. The number of nitrogens with zero attached hydrogens (tertiary/aromatic N) is 1. The molecule has 34 heavy (non-hydrogen) atoms. The summed E-state index contributed by atoms with van der Waals surface area (Å²) in [6.45, 7) is 1.59. The number of carbonyl (C=O) groups is 2. The fourth-order valence-electron chi connectivity index (χ4n) is 3.43. The van der Waals surface area contributed by atoms with Crippen molar-refractivity contribution < 1.29 is 27.5 Å². The number of fused-ring (bicyclic) bond motifs is 1. The Labute approximate surface area is 194 Å². The quantitative estimate of drug-likeness (QED) is 0.380. The molecule has 0 aliphatic heterocycles. The van der Waals surface area contributed by atoms with Crippen LogP contribution in [-0.2, 0) is 11.4 Å². The highest BCUT2D eigenvalue weighted by Gasteiger charge is 2.22. The van der Waals surface area contributed by atoms with Crippen LogP contribution in [0.3, 0.4) is 0 Å². The number of nitrogens with one attached hydrogen (secondary N) is 1. The van der Waals surface area contributed by atoms with E-state index >= 15 is 0 Å². The zero-order valence-electron chi connectivity index (χ0n) is 18.4. The lowest BCUT2D eigenvalue weighted by Gasteiger charge is -2.19. The van der Waals surface area contributed by atoms with Crippen LogP contribution in [-0.4, -0.2) is 29.8 Å². The second-order valence-electron chi connectivity index (χ2n) is 7.53. The molecule has 4 rings (SSSR count). The number of likely N-dealkylation sites (N-methyl/N-ethyl adjacent to an activating group) is 1. The van der Waals surface area contributed by atoms with Gasteiger partial charge in [-0.05, 0) is 54.1 Å². The molecule has 0 radical (unpaired) electrons. The molecule has 4 aromatic rings. The summed E-state index contributed by atoms with van der Waals surface area (Å²) in [5.74, 6) is -1.92. The molecule has 174 valence electrons. The molecule has 0 saturated carbocycles. The highest BCUT2D eigenvalue weighted by atomic mass is 19.1. The zero-order chi connectivity index (χ0) is 24.1. The van der Waals surface area contributed by atoms with Crippen LogP contribution in [0.2, 0.25) is 0 Å². The third-order valence-electron chi connectivity index (χ3n) is 5.21. The van der Waals surface area contributed by atoms with Crippen molar-refractivity contribution in [3.05, 3.63) is 96.0 Å². The average molecular weight is 464 g/mol. The largest absolute Gasteiger partial charge is 0.486 e. The molecule has 0 unspecified atom stereocenters. The van der Waals surface area contributed by atoms with Crippen molar-refractivity contribution in [3.63, 3.8) is 0 Å². The van der Waals surface area contributed by atoms with E-state index in [9.17, 15) is 18.4 Å². The second kappa shape index (κ2) is 10.2. The lowest BCUT2D eigenvalue weighted by Crippen LogP contribution is -2.38. The molecule has 0 saturated heterocycles. The summed E-state index contributed by atoms with van der Waals surface area (Å²) in [7, 11) is 0. The van der Waals surface area contributed by atoms with E-state index in [-0.39, 0.29) is 18.9 Å². The van der Waals surface area contributed by atoms with Crippen molar-refractivity contribution in [1.29, 1.82) is 0 Å². The topological polar surface area (TPSA) is 71.8 Å². The number of rotatable bonds is 8. The van der Waals surface area contributed by atoms with E-state index in [1.165, 1.54) is 17.0 Å². The van der Waals surface area contributed by atoms with Crippen molar-refractivity contribution in [2.24, 2.45) is 0 Å². The van der Waals surface area contributed by atoms with Crippen molar-refractivity contribution in [2.75, 3.05) is 18.4 Å². The summed E-state index contributed by atoms with van der Waals surface area (Å²) in [4.78, 5) is 26.3. The van der Waals surface area contributed by atoms with Gasteiger partial charge in [-0.2, -0.15) is 0 Å². The number of benzene rings is 3. The molecule has 0 spiro atoms. The first kappa shape index (κ1) is 23.0. The van der Waals surface area contributed by atoms with Gasteiger partial charge in [0.25, 0.3) is 5.91 Å². The van der Waals surface area contributed by atoms with E-state index < -0.39 is 35.7 Å². The Balaban J connectivity index is 1.37. The number of furan rings is 1. The lowest BCUT2D eigenvalue weighted by molar-refractivity contribution is -0.116. The monoisotopic (exact) mass is 464 g/mol. The van der Waals surface area contributed by atoms with Crippen molar-refractivity contribution in [2.45, 2.75) is 13.5 Å². The lowest BCUT2D eigenvalue weighted by atomic mass is 10.1. The molecule has 0 bridgehead atoms. The molecule has 8 heteroatoms. The van der Waals surface area contributed by atoms with Gasteiger partial charge >= 0.3 is 0 Å². The number of anilines is 1. The first-order chi connectivity index (χ1) is 16.4. The van der Waals surface area contributed by atoms with Gasteiger partial charge < -0.3 is 19.4 Å². The maximum atomic E-state index is 13.8. The van der Waals surface area contributed by atoms with Gasteiger partial charge in [-0.15, -0.1) is 0 Å². The van der Waals surface area contributed by atoms with Gasteiger partial charge in [0.05, 0.1) is 0 Å². The van der Waals surface area contributed by atoms with Crippen molar-refractivity contribution in [1.82, 2.24) is 4.90 Å². The number of amides is 2. The summed E-state index contributed by atoms with van der Waals surface area (Å²) in [5.41, 5.74) is -0.554. The summed E-state index contributed by atoms with van der Waals surface area (Å²) in [6, 6.07) is 20.0. The van der Waals surface area contributed by atoms with E-state index in [0.29, 0.717) is 11.5 Å². The molecule has 0 aliphatic carbocycles. The number of para-hydroxylation sites is 1. The average Bonchev–Trinajstić information content (AvgIpc) is 3.32. The fourth-order valence-corrected chi connectivity index (χ4v) is 3.43. The van der Waals surface area contributed by atoms with Gasteiger partial charge in [0.2, 0.25) is 5.91 Å². The van der Waals surface area contributed by atoms with Crippen LogP contribution in [0.4, 0.5) is 14.5 Å². The van der Waals surface area contributed by atoms with Crippen LogP contribution < -0.4 is 10.1 Å². The number of hydrogen-bond acceptors (Lipinski definition) is 4. The highest BCUT2D eigenvalue weighted by molar-refractivity contribution is 5.98. The Bertz CT molecular complexity index is 1320. The van der Waals surface area contributed by atoms with E-state index in [4.69, 9.17) is 9.15 Å². The molecule has 0 aliphatic rings. The molecule has 6 nitrogen and oxygen atoms in total. The SMILES string of the molecule is CCN(CC(=O)Nc1c(F)cccc1F)C(=O)c1ccc(COc2ccc3ccccc3c2)o1. The van der Waals surface area contributed by atoms with Gasteiger partial charge in [0, 0.05) is 6.54 Å². The molecular weight excluding hydrogens is 442 g/mol. The standard InChI is InChI=1S/C26H22F2N2O4/c1-2-30(15-24(31)29-25-21(27)8-5-9-22(25)28)26(32)23-13-12-20(34-23)16-33-19-11-10-17-6-3-4-7-18(17)14-19/h3-14H,2,15-16H2,1H3,(H,29,31). The van der Waals surface area contributed by atoms with E-state index in [1.807, 2.05) is 42.5 Å². The van der Waals surface area contributed by atoms with Gasteiger partial charge in [0.1, 0.15) is 42.0 Å². The van der Waals surface area contributed by atoms with Gasteiger partial charge in [-0.1, -0.05) is 36.4 Å². The zero-order valence-corrected chi connectivity index (χ0v) is 18.4. The van der Waals surface area contributed by atoms with Crippen LogP contribution in [0.1, 0.15) is 23.2 Å². The summed E-state index contributed by atoms with van der Waals surface area (Å²) in [6.07, 6.45) is 0. The van der Waals surface area contributed by atoms with Crippen LogP contribution in [0.5, 0.6) is 5.75 Å². The van der Waals surface area contributed by atoms with Gasteiger partial charge in [0.15, 0.2) is 5.76 Å². The van der Waals surface area contributed by atoms with Gasteiger partial charge in [-0.25, -0.2) is 8.78 Å². The fraction of sp³-hybridized carbons (Fsp3) is 0.154. The maximum Gasteiger partial charge on any atom is 0.290 e. The normalized spacial score (nSPS) is 10.8. The molecular formula is C26H22F2N2O4. The molecule has 0 atom stereocenters. The number of ether oxygens (including phenoxy) is 1. The first-order valence-corrected chi connectivity index (χ1v) is 10.7. The Morgan fingerprint density at radius 2 is 1.68 bits per heavy atom. The van der Waals surface area contributed by atoms with Gasteiger partial charge in [-0.3, -0.25) is 9.59 Å².